The molecule has 3 aromatic carbocycles. The topological polar surface area (TPSA) is 46.0 Å². The average Bonchev–Trinajstić information content (AvgIpc) is 2.81. The molecule has 0 aromatic heterocycles. The second kappa shape index (κ2) is 9.67. The van der Waals surface area contributed by atoms with Gasteiger partial charge < -0.3 is 19.9 Å². The Balaban J connectivity index is 1.32. The highest BCUT2D eigenvalue weighted by Gasteiger charge is 2.20. The van der Waals surface area contributed by atoms with E-state index in [1.54, 1.807) is 12.0 Å². The molecule has 1 aliphatic heterocycles. The molecule has 0 unspecified atom stereocenters. The summed E-state index contributed by atoms with van der Waals surface area (Å²) in [4.78, 5) is 16.7. The lowest BCUT2D eigenvalue weighted by molar-refractivity contribution is -0.914. The molecule has 160 valence electrons. The summed E-state index contributed by atoms with van der Waals surface area (Å²) in [6, 6.07) is 24.3. The SMILES string of the molecule is COc1ccc(C)cc1NC(=O)c1ccc(C[NH+]2CCN(c3ccccc3)CC2)cc1. The standard InChI is InChI=1S/C26H29N3O2/c1-20-8-13-25(31-2)24(18-20)27-26(30)22-11-9-21(10-12-22)19-28-14-16-29(17-15-28)23-6-4-3-5-7-23/h3-13,18H,14-17,19H2,1-2H3,(H,27,30)/p+1. The van der Waals surface area contributed by atoms with E-state index < -0.39 is 0 Å². The van der Waals surface area contributed by atoms with Gasteiger partial charge >= 0.3 is 0 Å². The molecule has 2 N–H and O–H groups in total. The Morgan fingerprint density at radius 2 is 1.71 bits per heavy atom. The third-order valence-corrected chi connectivity index (χ3v) is 5.87. The van der Waals surface area contributed by atoms with Gasteiger partial charge in [-0.15, -0.1) is 0 Å². The third kappa shape index (κ3) is 5.25. The number of nitrogens with one attached hydrogen (secondary N) is 2. The van der Waals surface area contributed by atoms with Gasteiger partial charge in [0.15, 0.2) is 0 Å². The number of carbonyl (C=O) groups is 1. The molecular weight excluding hydrogens is 386 g/mol. The van der Waals surface area contributed by atoms with Gasteiger partial charge in [0.2, 0.25) is 0 Å². The number of carbonyl (C=O) groups excluding carboxylic acids is 1. The van der Waals surface area contributed by atoms with E-state index in [0.717, 1.165) is 38.3 Å². The van der Waals surface area contributed by atoms with Crippen molar-refractivity contribution in [1.82, 2.24) is 0 Å². The molecule has 5 heteroatoms. The molecule has 0 radical (unpaired) electrons. The molecule has 31 heavy (non-hydrogen) atoms. The number of hydrogen-bond donors (Lipinski definition) is 2. The molecule has 1 aliphatic rings. The smallest absolute Gasteiger partial charge is 0.255 e. The highest BCUT2D eigenvalue weighted by atomic mass is 16.5. The van der Waals surface area contributed by atoms with Crippen molar-refractivity contribution in [3.05, 3.63) is 89.5 Å². The molecule has 1 saturated heterocycles. The van der Waals surface area contributed by atoms with Crippen LogP contribution >= 0.6 is 0 Å². The van der Waals surface area contributed by atoms with E-state index in [1.807, 2.05) is 37.3 Å². The molecule has 1 heterocycles. The highest BCUT2D eigenvalue weighted by molar-refractivity contribution is 6.05. The summed E-state index contributed by atoms with van der Waals surface area (Å²) < 4.78 is 5.36. The number of piperazine rings is 1. The fourth-order valence-corrected chi connectivity index (χ4v) is 4.07. The van der Waals surface area contributed by atoms with E-state index in [4.69, 9.17) is 4.74 Å². The lowest BCUT2D eigenvalue weighted by Crippen LogP contribution is -3.13. The van der Waals surface area contributed by atoms with Crippen LogP contribution in [0.4, 0.5) is 11.4 Å². The van der Waals surface area contributed by atoms with Crippen LogP contribution in [-0.2, 0) is 6.54 Å². The Kier molecular flexibility index (Phi) is 6.53. The number of anilines is 2. The van der Waals surface area contributed by atoms with E-state index in [2.05, 4.69) is 52.7 Å². The summed E-state index contributed by atoms with van der Waals surface area (Å²) in [6.45, 7) is 7.34. The second-order valence-corrected chi connectivity index (χ2v) is 8.10. The molecule has 1 amide bonds. The Labute approximate surface area is 184 Å². The first-order valence-electron chi connectivity index (χ1n) is 10.8. The number of methoxy groups -OCH3 is 1. The number of benzene rings is 3. The number of rotatable bonds is 6. The van der Waals surface area contributed by atoms with Crippen molar-refractivity contribution in [2.75, 3.05) is 43.5 Å². The Hall–Kier alpha value is -3.31. The summed E-state index contributed by atoms with van der Waals surface area (Å²) >= 11 is 0. The van der Waals surface area contributed by atoms with E-state index >= 15 is 0 Å². The van der Waals surface area contributed by atoms with Crippen molar-refractivity contribution in [2.24, 2.45) is 0 Å². The average molecular weight is 417 g/mol. The van der Waals surface area contributed by atoms with E-state index in [-0.39, 0.29) is 5.91 Å². The van der Waals surface area contributed by atoms with Gasteiger partial charge in [-0.25, -0.2) is 0 Å². The van der Waals surface area contributed by atoms with Gasteiger partial charge in [0, 0.05) is 16.8 Å². The molecule has 0 bridgehead atoms. The minimum absolute atomic E-state index is 0.126. The van der Waals surface area contributed by atoms with Gasteiger partial charge in [-0.1, -0.05) is 36.4 Å². The predicted molar refractivity (Wildman–Crippen MR) is 125 cm³/mol. The first kappa shape index (κ1) is 20.9. The highest BCUT2D eigenvalue weighted by Crippen LogP contribution is 2.25. The first-order valence-corrected chi connectivity index (χ1v) is 10.8. The summed E-state index contributed by atoms with van der Waals surface area (Å²) in [5.74, 6) is 0.535. The predicted octanol–water partition coefficient (Wildman–Crippen LogP) is 3.16. The van der Waals surface area contributed by atoms with Gasteiger partial charge in [-0.2, -0.15) is 0 Å². The molecule has 0 saturated carbocycles. The van der Waals surface area contributed by atoms with Gasteiger partial charge in [0.1, 0.15) is 12.3 Å². The maximum Gasteiger partial charge on any atom is 0.255 e. The number of para-hydroxylation sites is 1. The molecule has 0 atom stereocenters. The minimum atomic E-state index is -0.126. The number of amides is 1. The van der Waals surface area contributed by atoms with Crippen LogP contribution in [0.25, 0.3) is 0 Å². The van der Waals surface area contributed by atoms with Crippen molar-refractivity contribution in [3.8, 4) is 5.75 Å². The number of hydrogen-bond acceptors (Lipinski definition) is 3. The van der Waals surface area contributed by atoms with Gasteiger partial charge in [0.25, 0.3) is 5.91 Å². The lowest BCUT2D eigenvalue weighted by Gasteiger charge is -2.33. The van der Waals surface area contributed by atoms with Crippen LogP contribution in [0.3, 0.4) is 0 Å². The van der Waals surface area contributed by atoms with E-state index in [9.17, 15) is 4.79 Å². The fourth-order valence-electron chi connectivity index (χ4n) is 4.07. The lowest BCUT2D eigenvalue weighted by atomic mass is 10.1. The molecule has 5 nitrogen and oxygen atoms in total. The molecular formula is C26H30N3O2+. The maximum atomic E-state index is 12.7. The summed E-state index contributed by atoms with van der Waals surface area (Å²) in [5.41, 5.74) is 4.98. The Bertz CT molecular complexity index is 1010. The summed E-state index contributed by atoms with van der Waals surface area (Å²) in [6.07, 6.45) is 0. The van der Waals surface area contributed by atoms with Crippen LogP contribution < -0.4 is 19.9 Å². The normalized spacial score (nSPS) is 14.3. The number of nitrogens with zero attached hydrogens (tertiary/aromatic N) is 1. The van der Waals surface area contributed by atoms with Gasteiger partial charge in [-0.05, 0) is 48.9 Å². The minimum Gasteiger partial charge on any atom is -0.495 e. The zero-order chi connectivity index (χ0) is 21.6. The van der Waals surface area contributed by atoms with Crippen molar-refractivity contribution < 1.29 is 14.4 Å². The van der Waals surface area contributed by atoms with Crippen LogP contribution in [0.5, 0.6) is 5.75 Å². The zero-order valence-corrected chi connectivity index (χ0v) is 18.2. The van der Waals surface area contributed by atoms with E-state index in [0.29, 0.717) is 17.0 Å². The number of quaternary nitrogens is 1. The van der Waals surface area contributed by atoms with Crippen LogP contribution in [0.15, 0.2) is 72.8 Å². The van der Waals surface area contributed by atoms with Crippen molar-refractivity contribution >= 4 is 17.3 Å². The van der Waals surface area contributed by atoms with Gasteiger partial charge in [-0.3, -0.25) is 4.79 Å². The molecule has 0 aliphatic carbocycles. The van der Waals surface area contributed by atoms with Crippen molar-refractivity contribution in [1.29, 1.82) is 0 Å². The largest absolute Gasteiger partial charge is 0.495 e. The molecule has 3 aromatic rings. The Morgan fingerprint density at radius 1 is 1.00 bits per heavy atom. The van der Waals surface area contributed by atoms with Crippen LogP contribution in [0.2, 0.25) is 0 Å². The Morgan fingerprint density at radius 3 is 2.39 bits per heavy atom. The summed E-state index contributed by atoms with van der Waals surface area (Å²) in [5, 5.41) is 2.97. The zero-order valence-electron chi connectivity index (χ0n) is 18.2. The van der Waals surface area contributed by atoms with Crippen molar-refractivity contribution in [3.63, 3.8) is 0 Å². The van der Waals surface area contributed by atoms with Crippen LogP contribution in [-0.4, -0.2) is 39.2 Å². The van der Waals surface area contributed by atoms with Crippen LogP contribution in [0, 0.1) is 6.92 Å². The van der Waals surface area contributed by atoms with Crippen LogP contribution in [0.1, 0.15) is 21.5 Å². The summed E-state index contributed by atoms with van der Waals surface area (Å²) in [7, 11) is 1.61. The molecule has 0 spiro atoms. The second-order valence-electron chi connectivity index (χ2n) is 8.10. The quantitative estimate of drug-likeness (QED) is 0.649. The maximum absolute atomic E-state index is 12.7. The van der Waals surface area contributed by atoms with E-state index in [1.165, 1.54) is 11.3 Å². The number of aryl methyl sites for hydroxylation is 1. The molecule has 1 fully saturated rings. The number of ether oxygens (including phenoxy) is 1. The van der Waals surface area contributed by atoms with Gasteiger partial charge in [0.05, 0.1) is 39.0 Å². The van der Waals surface area contributed by atoms with Crippen molar-refractivity contribution in [2.45, 2.75) is 13.5 Å². The first-order chi connectivity index (χ1) is 15.1. The monoisotopic (exact) mass is 416 g/mol. The molecule has 4 rings (SSSR count). The third-order valence-electron chi connectivity index (χ3n) is 5.87. The fraction of sp³-hybridized carbons (Fsp3) is 0.269.